The van der Waals surface area contributed by atoms with Gasteiger partial charge >= 0.3 is 0 Å². The Kier molecular flexibility index (Phi) is 4.45. The van der Waals surface area contributed by atoms with Crippen molar-refractivity contribution in [2.45, 2.75) is 11.8 Å². The molecule has 1 atom stereocenters. The third kappa shape index (κ3) is 3.00. The van der Waals surface area contributed by atoms with Crippen LogP contribution in [0.2, 0.25) is 0 Å². The van der Waals surface area contributed by atoms with Crippen LogP contribution in [0.25, 0.3) is 0 Å². The molecule has 0 amide bonds. The van der Waals surface area contributed by atoms with Crippen LogP contribution in [0.5, 0.6) is 0 Å². The zero-order valence-electron chi connectivity index (χ0n) is 8.81. The highest BCUT2D eigenvalue weighted by Crippen LogP contribution is 2.40. The van der Waals surface area contributed by atoms with Crippen LogP contribution in [0.15, 0.2) is 32.5 Å². The van der Waals surface area contributed by atoms with Crippen molar-refractivity contribution in [2.75, 3.05) is 0 Å². The van der Waals surface area contributed by atoms with Crippen molar-refractivity contribution in [1.82, 2.24) is 0 Å². The lowest BCUT2D eigenvalue weighted by Crippen LogP contribution is -1.94. The minimum atomic E-state index is -0.197. The van der Waals surface area contributed by atoms with Gasteiger partial charge in [0.2, 0.25) is 0 Å². The molecule has 0 aliphatic carbocycles. The Balaban J connectivity index is 2.42. The first-order chi connectivity index (χ1) is 7.99. The third-order valence-corrected chi connectivity index (χ3v) is 6.34. The number of rotatable bonds is 2. The molecule has 2 rings (SSSR count). The fourth-order valence-electron chi connectivity index (χ4n) is 1.47. The molecule has 0 bridgehead atoms. The molecule has 17 heavy (non-hydrogen) atoms. The largest absolute Gasteiger partial charge is 0.207 e. The summed E-state index contributed by atoms with van der Waals surface area (Å²) < 4.78 is 15.7. The first-order valence-electron chi connectivity index (χ1n) is 4.84. The lowest BCUT2D eigenvalue weighted by atomic mass is 10.1. The Morgan fingerprint density at radius 3 is 2.53 bits per heavy atom. The zero-order chi connectivity index (χ0) is 12.6. The summed E-state index contributed by atoms with van der Waals surface area (Å²) in [5, 5.41) is 0. The van der Waals surface area contributed by atoms with E-state index in [9.17, 15) is 4.39 Å². The van der Waals surface area contributed by atoms with E-state index in [1.165, 1.54) is 11.6 Å². The minimum Gasteiger partial charge on any atom is -0.207 e. The molecule has 1 aromatic carbocycles. The number of hydrogen-bond donors (Lipinski definition) is 0. The summed E-state index contributed by atoms with van der Waals surface area (Å²) in [5.74, 6) is -0.197. The van der Waals surface area contributed by atoms with Crippen molar-refractivity contribution in [1.29, 1.82) is 0 Å². The summed E-state index contributed by atoms with van der Waals surface area (Å²) in [7, 11) is 0. The average Bonchev–Trinajstić information content (AvgIpc) is 2.62. The Morgan fingerprint density at radius 2 is 1.94 bits per heavy atom. The van der Waals surface area contributed by atoms with Gasteiger partial charge in [0.25, 0.3) is 0 Å². The fourth-order valence-corrected chi connectivity index (χ4v) is 4.18. The SMILES string of the molecule is Cc1cc(C(Br)c2cc(Br)ccc2F)sc1Br. The zero-order valence-corrected chi connectivity index (χ0v) is 14.4. The second-order valence-corrected chi connectivity index (χ2v) is 7.87. The maximum atomic E-state index is 13.8. The van der Waals surface area contributed by atoms with E-state index in [2.05, 4.69) is 53.9 Å². The van der Waals surface area contributed by atoms with E-state index >= 15 is 0 Å². The first kappa shape index (κ1) is 13.7. The van der Waals surface area contributed by atoms with E-state index < -0.39 is 0 Å². The molecule has 0 saturated carbocycles. The second kappa shape index (κ2) is 5.51. The maximum Gasteiger partial charge on any atom is 0.127 e. The predicted octanol–water partition coefficient (Wildman–Crippen LogP) is 6.20. The number of hydrogen-bond acceptors (Lipinski definition) is 1. The molecule has 0 N–H and O–H groups in total. The maximum absolute atomic E-state index is 13.8. The molecule has 1 unspecified atom stereocenters. The molecule has 0 fully saturated rings. The summed E-state index contributed by atoms with van der Waals surface area (Å²) in [6.07, 6.45) is 0. The van der Waals surface area contributed by atoms with Gasteiger partial charge in [0.15, 0.2) is 0 Å². The first-order valence-corrected chi connectivity index (χ1v) is 8.15. The molecular weight excluding hydrogens is 435 g/mol. The van der Waals surface area contributed by atoms with E-state index in [4.69, 9.17) is 0 Å². The van der Waals surface area contributed by atoms with Crippen molar-refractivity contribution in [3.63, 3.8) is 0 Å². The number of benzene rings is 1. The Hall–Kier alpha value is 0.290. The molecule has 0 radical (unpaired) electrons. The molecular formula is C12H8Br3FS. The number of halogens is 4. The van der Waals surface area contributed by atoms with E-state index in [-0.39, 0.29) is 10.6 Å². The Bertz CT molecular complexity index is 531. The van der Waals surface area contributed by atoms with Gasteiger partial charge in [-0.1, -0.05) is 31.9 Å². The smallest absolute Gasteiger partial charge is 0.127 e. The van der Waals surface area contributed by atoms with Gasteiger partial charge in [0.05, 0.1) is 8.61 Å². The van der Waals surface area contributed by atoms with Gasteiger partial charge in [0, 0.05) is 14.9 Å². The van der Waals surface area contributed by atoms with Crippen molar-refractivity contribution < 1.29 is 4.39 Å². The highest BCUT2D eigenvalue weighted by molar-refractivity contribution is 9.11. The van der Waals surface area contributed by atoms with Gasteiger partial charge in [-0.2, -0.15) is 0 Å². The van der Waals surface area contributed by atoms with Gasteiger partial charge in [0.1, 0.15) is 5.82 Å². The molecule has 0 saturated heterocycles. The molecule has 0 aliphatic rings. The molecule has 90 valence electrons. The third-order valence-electron chi connectivity index (χ3n) is 2.36. The van der Waals surface area contributed by atoms with Crippen LogP contribution in [0.3, 0.4) is 0 Å². The van der Waals surface area contributed by atoms with E-state index in [1.54, 1.807) is 23.5 Å². The van der Waals surface area contributed by atoms with E-state index in [1.807, 2.05) is 6.92 Å². The van der Waals surface area contributed by atoms with Crippen LogP contribution in [0, 0.1) is 12.7 Å². The molecule has 1 heterocycles. The molecule has 5 heteroatoms. The monoisotopic (exact) mass is 440 g/mol. The summed E-state index contributed by atoms with van der Waals surface area (Å²) in [5.41, 5.74) is 1.82. The number of alkyl halides is 1. The second-order valence-electron chi connectivity index (χ2n) is 3.63. The topological polar surface area (TPSA) is 0 Å². The highest BCUT2D eigenvalue weighted by atomic mass is 79.9. The number of aryl methyl sites for hydroxylation is 1. The van der Waals surface area contributed by atoms with E-state index in [0.29, 0.717) is 5.56 Å². The molecule has 0 spiro atoms. The van der Waals surface area contributed by atoms with Gasteiger partial charge in [-0.15, -0.1) is 11.3 Å². The van der Waals surface area contributed by atoms with Crippen LogP contribution in [-0.2, 0) is 0 Å². The lowest BCUT2D eigenvalue weighted by molar-refractivity contribution is 0.613. The Morgan fingerprint density at radius 1 is 1.24 bits per heavy atom. The lowest BCUT2D eigenvalue weighted by Gasteiger charge is -2.09. The van der Waals surface area contributed by atoms with Crippen molar-refractivity contribution in [3.8, 4) is 0 Å². The van der Waals surface area contributed by atoms with E-state index in [0.717, 1.165) is 13.1 Å². The van der Waals surface area contributed by atoms with Crippen molar-refractivity contribution in [3.05, 3.63) is 54.3 Å². The summed E-state index contributed by atoms with van der Waals surface area (Å²) in [6.45, 7) is 2.03. The molecule has 0 aliphatic heterocycles. The molecule has 1 aromatic heterocycles. The normalized spacial score (nSPS) is 12.8. The van der Waals surface area contributed by atoms with Crippen LogP contribution in [0.1, 0.15) is 20.8 Å². The summed E-state index contributed by atoms with van der Waals surface area (Å²) >= 11 is 12.0. The van der Waals surface area contributed by atoms with Crippen LogP contribution >= 0.6 is 59.1 Å². The highest BCUT2D eigenvalue weighted by Gasteiger charge is 2.18. The average molecular weight is 443 g/mol. The summed E-state index contributed by atoms with van der Waals surface area (Å²) in [4.78, 5) is 0.973. The van der Waals surface area contributed by atoms with Gasteiger partial charge < -0.3 is 0 Å². The van der Waals surface area contributed by atoms with Gasteiger partial charge in [-0.05, 0) is 52.7 Å². The summed E-state index contributed by atoms with van der Waals surface area (Å²) in [6, 6.07) is 7.05. The van der Waals surface area contributed by atoms with Crippen LogP contribution < -0.4 is 0 Å². The van der Waals surface area contributed by atoms with Crippen molar-refractivity contribution >= 4 is 59.1 Å². The van der Waals surface area contributed by atoms with Crippen LogP contribution in [0.4, 0.5) is 4.39 Å². The van der Waals surface area contributed by atoms with Gasteiger partial charge in [-0.25, -0.2) is 4.39 Å². The minimum absolute atomic E-state index is 0.116. The van der Waals surface area contributed by atoms with Gasteiger partial charge in [-0.3, -0.25) is 0 Å². The predicted molar refractivity (Wildman–Crippen MR) is 81.6 cm³/mol. The number of thiophene rings is 1. The fraction of sp³-hybridized carbons (Fsp3) is 0.167. The Labute approximate surface area is 129 Å². The van der Waals surface area contributed by atoms with Crippen LogP contribution in [-0.4, -0.2) is 0 Å². The quantitative estimate of drug-likeness (QED) is 0.485. The molecule has 0 nitrogen and oxygen atoms in total. The van der Waals surface area contributed by atoms with Crippen molar-refractivity contribution in [2.24, 2.45) is 0 Å². The standard InChI is InChI=1S/C12H8Br3FS/c1-6-4-10(17-12(6)15)11(14)8-5-7(13)2-3-9(8)16/h2-5,11H,1H3. The molecule has 2 aromatic rings.